The number of rotatable bonds is 7. The number of carboxylic acids is 1. The van der Waals surface area contributed by atoms with Crippen molar-refractivity contribution in [2.45, 2.75) is 33.2 Å². The first-order valence-electron chi connectivity index (χ1n) is 6.32. The van der Waals surface area contributed by atoms with E-state index in [0.29, 0.717) is 12.1 Å². The zero-order valence-corrected chi connectivity index (χ0v) is 10.9. The molecule has 0 saturated heterocycles. The molecular weight excluding hydrogens is 233 g/mol. The van der Waals surface area contributed by atoms with Crippen LogP contribution in [0.2, 0.25) is 0 Å². The fraction of sp³-hybridized carbons (Fsp3) is 0.500. The van der Waals surface area contributed by atoms with Crippen molar-refractivity contribution in [2.24, 2.45) is 0 Å². The van der Waals surface area contributed by atoms with Gasteiger partial charge in [-0.15, -0.1) is 0 Å². The van der Waals surface area contributed by atoms with Gasteiger partial charge in [-0.2, -0.15) is 0 Å². The summed E-state index contributed by atoms with van der Waals surface area (Å²) in [6, 6.07) is 3.84. The minimum atomic E-state index is -1.00. The molecule has 18 heavy (non-hydrogen) atoms. The highest BCUT2D eigenvalue weighted by Gasteiger charge is 2.13. The lowest BCUT2D eigenvalue weighted by molar-refractivity contribution is 0.0694. The maximum atomic E-state index is 13.2. The van der Waals surface area contributed by atoms with Gasteiger partial charge in [0.05, 0.1) is 5.56 Å². The lowest BCUT2D eigenvalue weighted by Crippen LogP contribution is -2.25. The first kappa shape index (κ1) is 14.6. The quantitative estimate of drug-likeness (QED) is 0.811. The monoisotopic (exact) mass is 253 g/mol. The molecule has 3 nitrogen and oxygen atoms in total. The minimum Gasteiger partial charge on any atom is -0.478 e. The Morgan fingerprint density at radius 1 is 1.39 bits per heavy atom. The molecule has 0 fully saturated rings. The third-order valence-corrected chi connectivity index (χ3v) is 2.97. The molecule has 1 N–H and O–H groups in total. The summed E-state index contributed by atoms with van der Waals surface area (Å²) in [6.07, 6.45) is 2.15. The van der Waals surface area contributed by atoms with Crippen LogP contribution in [-0.4, -0.2) is 29.1 Å². The number of benzene rings is 1. The maximum Gasteiger partial charge on any atom is 0.336 e. The summed E-state index contributed by atoms with van der Waals surface area (Å²) >= 11 is 0. The predicted octanol–water partition coefficient (Wildman–Crippen LogP) is 3.15. The molecule has 0 heterocycles. The summed E-state index contributed by atoms with van der Waals surface area (Å²) in [6.45, 7) is 6.35. The van der Waals surface area contributed by atoms with Crippen LogP contribution in [0.4, 0.5) is 4.39 Å². The van der Waals surface area contributed by atoms with Crippen LogP contribution in [0.1, 0.15) is 42.6 Å². The van der Waals surface area contributed by atoms with Crippen LogP contribution in [-0.2, 0) is 6.54 Å². The van der Waals surface area contributed by atoms with E-state index >= 15 is 0 Å². The summed E-state index contributed by atoms with van der Waals surface area (Å²) in [4.78, 5) is 13.2. The lowest BCUT2D eigenvalue weighted by atomic mass is 10.1. The SMILES string of the molecule is CCCCN(CC)Cc1cc(F)ccc1C(=O)O. The van der Waals surface area contributed by atoms with Gasteiger partial charge in [-0.1, -0.05) is 20.3 Å². The summed E-state index contributed by atoms with van der Waals surface area (Å²) in [5.74, 6) is -1.39. The Bertz CT molecular complexity index is 407. The molecule has 1 aromatic rings. The van der Waals surface area contributed by atoms with E-state index in [1.54, 1.807) is 0 Å². The molecule has 1 rings (SSSR count). The molecule has 0 saturated carbocycles. The zero-order chi connectivity index (χ0) is 13.5. The zero-order valence-electron chi connectivity index (χ0n) is 10.9. The Morgan fingerprint density at radius 2 is 2.11 bits per heavy atom. The Morgan fingerprint density at radius 3 is 2.67 bits per heavy atom. The van der Waals surface area contributed by atoms with Crippen LogP contribution < -0.4 is 0 Å². The standard InChI is InChI=1S/C14H20FNO2/c1-3-5-8-16(4-2)10-11-9-12(15)6-7-13(11)14(17)18/h6-7,9H,3-5,8,10H2,1-2H3,(H,17,18). The van der Waals surface area contributed by atoms with Gasteiger partial charge < -0.3 is 5.11 Å². The highest BCUT2D eigenvalue weighted by molar-refractivity contribution is 5.89. The van der Waals surface area contributed by atoms with Crippen molar-refractivity contribution in [3.63, 3.8) is 0 Å². The Hall–Kier alpha value is -1.42. The van der Waals surface area contributed by atoms with Crippen molar-refractivity contribution in [3.05, 3.63) is 35.1 Å². The van der Waals surface area contributed by atoms with Gasteiger partial charge in [-0.25, -0.2) is 9.18 Å². The molecular formula is C14H20FNO2. The van der Waals surface area contributed by atoms with E-state index in [4.69, 9.17) is 5.11 Å². The number of nitrogens with zero attached hydrogens (tertiary/aromatic N) is 1. The molecule has 100 valence electrons. The van der Waals surface area contributed by atoms with Gasteiger partial charge in [0.25, 0.3) is 0 Å². The molecule has 0 radical (unpaired) electrons. The fourth-order valence-corrected chi connectivity index (χ4v) is 1.87. The van der Waals surface area contributed by atoms with Gasteiger partial charge in [-0.05, 0) is 43.3 Å². The summed E-state index contributed by atoms with van der Waals surface area (Å²) in [7, 11) is 0. The molecule has 0 aliphatic rings. The number of aromatic carboxylic acids is 1. The van der Waals surface area contributed by atoms with Gasteiger partial charge >= 0.3 is 5.97 Å². The van der Waals surface area contributed by atoms with Crippen molar-refractivity contribution >= 4 is 5.97 Å². The largest absolute Gasteiger partial charge is 0.478 e. The topological polar surface area (TPSA) is 40.5 Å². The van der Waals surface area contributed by atoms with Crippen molar-refractivity contribution in [1.82, 2.24) is 4.90 Å². The van der Waals surface area contributed by atoms with E-state index in [-0.39, 0.29) is 11.4 Å². The van der Waals surface area contributed by atoms with Crippen molar-refractivity contribution in [3.8, 4) is 0 Å². The number of unbranched alkanes of at least 4 members (excludes halogenated alkanes) is 1. The summed E-state index contributed by atoms with van der Waals surface area (Å²) in [5.41, 5.74) is 0.729. The van der Waals surface area contributed by atoms with E-state index in [1.807, 2.05) is 6.92 Å². The van der Waals surface area contributed by atoms with Crippen LogP contribution in [0.3, 0.4) is 0 Å². The molecule has 0 atom stereocenters. The summed E-state index contributed by atoms with van der Waals surface area (Å²) in [5, 5.41) is 9.08. The van der Waals surface area contributed by atoms with Gasteiger partial charge in [-0.3, -0.25) is 4.90 Å². The van der Waals surface area contributed by atoms with Crippen LogP contribution in [0, 0.1) is 5.82 Å². The number of hydrogen-bond acceptors (Lipinski definition) is 2. The fourth-order valence-electron chi connectivity index (χ4n) is 1.87. The first-order valence-corrected chi connectivity index (χ1v) is 6.32. The second-order valence-electron chi connectivity index (χ2n) is 4.33. The first-order chi connectivity index (χ1) is 8.58. The highest BCUT2D eigenvalue weighted by atomic mass is 19.1. The molecule has 4 heteroatoms. The van der Waals surface area contributed by atoms with Gasteiger partial charge in [0.2, 0.25) is 0 Å². The maximum absolute atomic E-state index is 13.2. The lowest BCUT2D eigenvalue weighted by Gasteiger charge is -2.21. The molecule has 0 aliphatic carbocycles. The summed E-state index contributed by atoms with van der Waals surface area (Å²) < 4.78 is 13.2. The second kappa shape index (κ2) is 7.11. The van der Waals surface area contributed by atoms with E-state index in [0.717, 1.165) is 25.9 Å². The highest BCUT2D eigenvalue weighted by Crippen LogP contribution is 2.14. The van der Waals surface area contributed by atoms with E-state index < -0.39 is 5.97 Å². The number of halogens is 1. The van der Waals surface area contributed by atoms with E-state index in [2.05, 4.69) is 11.8 Å². The number of carbonyl (C=O) groups is 1. The van der Waals surface area contributed by atoms with Gasteiger partial charge in [0.15, 0.2) is 0 Å². The van der Waals surface area contributed by atoms with Gasteiger partial charge in [0.1, 0.15) is 5.82 Å². The van der Waals surface area contributed by atoms with Crippen LogP contribution in [0.5, 0.6) is 0 Å². The minimum absolute atomic E-state index is 0.186. The normalized spacial score (nSPS) is 10.9. The Kier molecular flexibility index (Phi) is 5.78. The van der Waals surface area contributed by atoms with Crippen molar-refractivity contribution in [2.75, 3.05) is 13.1 Å². The van der Waals surface area contributed by atoms with E-state index in [1.165, 1.54) is 18.2 Å². The number of carboxylic acid groups (broad SMARTS) is 1. The van der Waals surface area contributed by atoms with Crippen molar-refractivity contribution in [1.29, 1.82) is 0 Å². The van der Waals surface area contributed by atoms with Crippen LogP contribution in [0.25, 0.3) is 0 Å². The Balaban J connectivity index is 2.86. The molecule has 0 bridgehead atoms. The molecule has 0 unspecified atom stereocenters. The van der Waals surface area contributed by atoms with Gasteiger partial charge in [0, 0.05) is 6.54 Å². The third-order valence-electron chi connectivity index (χ3n) is 2.97. The molecule has 0 spiro atoms. The average Bonchev–Trinajstić information content (AvgIpc) is 2.34. The smallest absolute Gasteiger partial charge is 0.336 e. The Labute approximate surface area is 107 Å². The molecule has 0 amide bonds. The van der Waals surface area contributed by atoms with Crippen LogP contribution in [0.15, 0.2) is 18.2 Å². The third kappa shape index (κ3) is 4.11. The van der Waals surface area contributed by atoms with Crippen LogP contribution >= 0.6 is 0 Å². The predicted molar refractivity (Wildman–Crippen MR) is 69.2 cm³/mol. The molecule has 0 aliphatic heterocycles. The second-order valence-corrected chi connectivity index (χ2v) is 4.33. The van der Waals surface area contributed by atoms with Crippen molar-refractivity contribution < 1.29 is 14.3 Å². The number of hydrogen-bond donors (Lipinski definition) is 1. The van der Waals surface area contributed by atoms with E-state index in [9.17, 15) is 9.18 Å². The average molecular weight is 253 g/mol. The molecule has 1 aromatic carbocycles. The molecule has 0 aromatic heterocycles.